The molecule has 1 aromatic carbocycles. The van der Waals surface area contributed by atoms with Crippen LogP contribution in [0.4, 0.5) is 5.69 Å². The van der Waals surface area contributed by atoms with Crippen molar-refractivity contribution >= 4 is 27.5 Å². The average Bonchev–Trinajstić information content (AvgIpc) is 2.27. The van der Waals surface area contributed by atoms with Crippen molar-refractivity contribution in [1.29, 1.82) is 0 Å². The van der Waals surface area contributed by atoms with Crippen LogP contribution < -0.4 is 5.73 Å². The van der Waals surface area contributed by atoms with Crippen molar-refractivity contribution in [3.63, 3.8) is 0 Å². The third-order valence-corrected chi connectivity index (χ3v) is 5.52. The molecule has 0 aliphatic heterocycles. The monoisotopic (exact) mass is 288 g/mol. The maximum absolute atomic E-state index is 12.2. The van der Waals surface area contributed by atoms with E-state index in [0.29, 0.717) is 5.69 Å². The van der Waals surface area contributed by atoms with E-state index in [0.717, 1.165) is 11.3 Å². The van der Waals surface area contributed by atoms with Gasteiger partial charge >= 0.3 is 0 Å². The van der Waals surface area contributed by atoms with Gasteiger partial charge in [-0.3, -0.25) is 0 Å². The number of anilines is 1. The molecule has 1 rings (SSSR count). The second kappa shape index (κ2) is 6.45. The molecule has 0 saturated heterocycles. The summed E-state index contributed by atoms with van der Waals surface area (Å²) >= 11 is 1.64. The molecule has 0 aromatic heterocycles. The molecule has 0 amide bonds. The molecule has 0 aliphatic carbocycles. The van der Waals surface area contributed by atoms with Gasteiger partial charge in [0.05, 0.1) is 5.75 Å². The summed E-state index contributed by atoms with van der Waals surface area (Å²) in [6.45, 7) is 1.91. The first kappa shape index (κ1) is 15.3. The fourth-order valence-corrected chi connectivity index (χ4v) is 3.84. The second-order valence-corrected chi connectivity index (χ2v) is 7.26. The Labute approximate surface area is 114 Å². The van der Waals surface area contributed by atoms with E-state index in [1.54, 1.807) is 43.1 Å². The summed E-state index contributed by atoms with van der Waals surface area (Å²) in [5, 5.41) is 0. The number of hydrogen-bond donors (Lipinski definition) is 1. The van der Waals surface area contributed by atoms with Crippen LogP contribution in [0.15, 0.2) is 24.3 Å². The van der Waals surface area contributed by atoms with Gasteiger partial charge < -0.3 is 5.73 Å². The predicted molar refractivity (Wildman–Crippen MR) is 79.1 cm³/mol. The Hall–Kier alpha value is -0.720. The Morgan fingerprint density at radius 1 is 1.44 bits per heavy atom. The molecule has 102 valence electrons. The Morgan fingerprint density at radius 3 is 2.67 bits per heavy atom. The van der Waals surface area contributed by atoms with Gasteiger partial charge in [-0.05, 0) is 30.9 Å². The minimum atomic E-state index is -3.29. The maximum Gasteiger partial charge on any atom is 0.218 e. The van der Waals surface area contributed by atoms with E-state index < -0.39 is 10.0 Å². The van der Waals surface area contributed by atoms with E-state index >= 15 is 0 Å². The first-order valence-corrected chi connectivity index (χ1v) is 8.66. The minimum absolute atomic E-state index is 0.00669. The Balaban J connectivity index is 2.81. The molecule has 0 bridgehead atoms. The highest BCUT2D eigenvalue weighted by atomic mass is 32.2. The Bertz CT molecular complexity index is 489. The van der Waals surface area contributed by atoms with Gasteiger partial charge in [0, 0.05) is 24.5 Å². The van der Waals surface area contributed by atoms with E-state index in [1.165, 1.54) is 4.31 Å². The summed E-state index contributed by atoms with van der Waals surface area (Å²) in [5.41, 5.74) is 6.96. The lowest BCUT2D eigenvalue weighted by Gasteiger charge is -2.23. The number of nitrogens with zero attached hydrogens (tertiary/aromatic N) is 1. The summed E-state index contributed by atoms with van der Waals surface area (Å²) in [6, 6.07) is 6.99. The normalized spacial score (nSPS) is 13.8. The molecule has 6 heteroatoms. The molecule has 1 unspecified atom stereocenters. The number of hydrogen-bond acceptors (Lipinski definition) is 4. The third-order valence-electron chi connectivity index (χ3n) is 2.77. The van der Waals surface area contributed by atoms with Crippen molar-refractivity contribution in [3.8, 4) is 0 Å². The van der Waals surface area contributed by atoms with Crippen LogP contribution in [-0.4, -0.2) is 37.8 Å². The number of rotatable bonds is 6. The first-order valence-electron chi connectivity index (χ1n) is 5.66. The van der Waals surface area contributed by atoms with Crippen LogP contribution >= 0.6 is 11.8 Å². The number of thioether (sulfide) groups is 1. The number of benzene rings is 1. The van der Waals surface area contributed by atoms with E-state index in [1.807, 2.05) is 13.2 Å². The predicted octanol–water partition coefficient (Wildman–Crippen LogP) is 1.78. The topological polar surface area (TPSA) is 63.4 Å². The molecule has 1 atom stereocenters. The summed E-state index contributed by atoms with van der Waals surface area (Å²) in [4.78, 5) is 0. The zero-order valence-corrected chi connectivity index (χ0v) is 12.6. The van der Waals surface area contributed by atoms with Crippen LogP contribution in [0.5, 0.6) is 0 Å². The Morgan fingerprint density at radius 2 is 2.11 bits per heavy atom. The lowest BCUT2D eigenvalue weighted by molar-refractivity contribution is 0.414. The molecule has 2 N–H and O–H groups in total. The van der Waals surface area contributed by atoms with Gasteiger partial charge in [-0.25, -0.2) is 12.7 Å². The maximum atomic E-state index is 12.2. The van der Waals surface area contributed by atoms with Crippen LogP contribution in [0.3, 0.4) is 0 Å². The van der Waals surface area contributed by atoms with Crippen molar-refractivity contribution in [1.82, 2.24) is 4.31 Å². The fourth-order valence-electron chi connectivity index (χ4n) is 1.62. The Kier molecular flexibility index (Phi) is 5.49. The molecular weight excluding hydrogens is 268 g/mol. The number of sulfonamides is 1. The molecule has 0 radical (unpaired) electrons. The van der Waals surface area contributed by atoms with Gasteiger partial charge in [-0.15, -0.1) is 0 Å². The van der Waals surface area contributed by atoms with Gasteiger partial charge in [0.1, 0.15) is 0 Å². The van der Waals surface area contributed by atoms with Gasteiger partial charge in [0.2, 0.25) is 10.0 Å². The quantitative estimate of drug-likeness (QED) is 0.811. The highest BCUT2D eigenvalue weighted by molar-refractivity contribution is 7.98. The molecule has 0 saturated carbocycles. The highest BCUT2D eigenvalue weighted by Gasteiger charge is 2.23. The second-order valence-electron chi connectivity index (χ2n) is 4.32. The summed E-state index contributed by atoms with van der Waals surface area (Å²) in [5.74, 6) is 0.778. The zero-order chi connectivity index (χ0) is 13.8. The minimum Gasteiger partial charge on any atom is -0.399 e. The molecule has 0 fully saturated rings. The van der Waals surface area contributed by atoms with Crippen molar-refractivity contribution in [3.05, 3.63) is 29.8 Å². The molecular formula is C12H20N2O2S2. The van der Waals surface area contributed by atoms with Gasteiger partial charge in [0.15, 0.2) is 0 Å². The molecule has 0 spiro atoms. The third kappa shape index (κ3) is 4.19. The lowest BCUT2D eigenvalue weighted by Crippen LogP contribution is -2.37. The average molecular weight is 288 g/mol. The summed E-state index contributed by atoms with van der Waals surface area (Å²) < 4.78 is 25.8. The van der Waals surface area contributed by atoms with Gasteiger partial charge in [0.25, 0.3) is 0 Å². The summed E-state index contributed by atoms with van der Waals surface area (Å²) in [7, 11) is -1.66. The molecule has 0 aliphatic rings. The van der Waals surface area contributed by atoms with Crippen LogP contribution in [0.25, 0.3) is 0 Å². The highest BCUT2D eigenvalue weighted by Crippen LogP contribution is 2.15. The van der Waals surface area contributed by atoms with Gasteiger partial charge in [-0.1, -0.05) is 12.1 Å². The number of nitrogens with two attached hydrogens (primary N) is 1. The van der Waals surface area contributed by atoms with E-state index in [4.69, 9.17) is 5.73 Å². The van der Waals surface area contributed by atoms with Crippen LogP contribution in [0.2, 0.25) is 0 Å². The van der Waals surface area contributed by atoms with Crippen molar-refractivity contribution in [2.75, 3.05) is 24.8 Å². The molecule has 18 heavy (non-hydrogen) atoms. The van der Waals surface area contributed by atoms with Crippen molar-refractivity contribution in [2.24, 2.45) is 0 Å². The molecule has 0 heterocycles. The van der Waals surface area contributed by atoms with E-state index in [9.17, 15) is 8.42 Å². The summed E-state index contributed by atoms with van der Waals surface area (Å²) in [6.07, 6.45) is 1.97. The zero-order valence-electron chi connectivity index (χ0n) is 11.0. The fraction of sp³-hybridized carbons (Fsp3) is 0.500. The van der Waals surface area contributed by atoms with Crippen LogP contribution in [-0.2, 0) is 15.8 Å². The van der Waals surface area contributed by atoms with Crippen molar-refractivity contribution in [2.45, 2.75) is 18.7 Å². The number of nitrogen functional groups attached to an aromatic ring is 1. The standard InChI is InChI=1S/C12H20N2O2S2/c1-10(8-17-3)14(2)18(15,16)9-11-5-4-6-12(13)7-11/h4-7,10H,8-9,13H2,1-3H3. The first-order chi connectivity index (χ1) is 8.36. The molecule has 4 nitrogen and oxygen atoms in total. The molecule has 1 aromatic rings. The van der Waals surface area contributed by atoms with E-state index in [-0.39, 0.29) is 11.8 Å². The van der Waals surface area contributed by atoms with Crippen LogP contribution in [0.1, 0.15) is 12.5 Å². The van der Waals surface area contributed by atoms with Crippen molar-refractivity contribution < 1.29 is 8.42 Å². The SMILES string of the molecule is CSCC(C)N(C)S(=O)(=O)Cc1cccc(N)c1. The largest absolute Gasteiger partial charge is 0.399 e. The van der Waals surface area contributed by atoms with Gasteiger partial charge in [-0.2, -0.15) is 11.8 Å². The van der Waals surface area contributed by atoms with Crippen LogP contribution in [0, 0.1) is 0 Å². The smallest absolute Gasteiger partial charge is 0.218 e. The van der Waals surface area contributed by atoms with E-state index in [2.05, 4.69) is 0 Å². The lowest BCUT2D eigenvalue weighted by atomic mass is 10.2.